The molecule has 0 aliphatic carbocycles. The molecule has 1 aromatic heterocycles. The maximum Gasteiger partial charge on any atom is 0.338 e. The van der Waals surface area contributed by atoms with Crippen molar-refractivity contribution in [3.05, 3.63) is 48.0 Å². The summed E-state index contributed by atoms with van der Waals surface area (Å²) in [6.07, 6.45) is 5.01. The van der Waals surface area contributed by atoms with E-state index in [-0.39, 0.29) is 12.5 Å². The van der Waals surface area contributed by atoms with Crippen molar-refractivity contribution in [2.75, 3.05) is 29.9 Å². The van der Waals surface area contributed by atoms with E-state index >= 15 is 0 Å². The quantitative estimate of drug-likeness (QED) is 0.612. The van der Waals surface area contributed by atoms with Gasteiger partial charge in [0.2, 0.25) is 0 Å². The Balaban J connectivity index is 1.30. The van der Waals surface area contributed by atoms with Gasteiger partial charge in [0.15, 0.2) is 6.61 Å². The van der Waals surface area contributed by atoms with Gasteiger partial charge in [0.05, 0.1) is 11.1 Å². The van der Waals surface area contributed by atoms with Crippen LogP contribution >= 0.6 is 0 Å². The van der Waals surface area contributed by atoms with Gasteiger partial charge in [-0.05, 0) is 62.2 Å². The fourth-order valence-electron chi connectivity index (χ4n) is 3.83. The number of ether oxygens (including phenoxy) is 1. The van der Waals surface area contributed by atoms with Gasteiger partial charge < -0.3 is 15.0 Å². The minimum absolute atomic E-state index is 0.338. The Morgan fingerprint density at radius 2 is 1.77 bits per heavy atom. The van der Waals surface area contributed by atoms with E-state index in [4.69, 9.17) is 4.74 Å². The van der Waals surface area contributed by atoms with Gasteiger partial charge >= 0.3 is 5.97 Å². The summed E-state index contributed by atoms with van der Waals surface area (Å²) in [5.41, 5.74) is 3.65. The maximum atomic E-state index is 12.3. The Morgan fingerprint density at radius 1 is 1.03 bits per heavy atom. The van der Waals surface area contributed by atoms with Gasteiger partial charge in [0.1, 0.15) is 5.52 Å². The molecule has 4 rings (SSSR count). The van der Waals surface area contributed by atoms with E-state index in [0.29, 0.717) is 23.3 Å². The Kier molecular flexibility index (Phi) is 6.45. The van der Waals surface area contributed by atoms with Gasteiger partial charge in [0.25, 0.3) is 5.91 Å². The molecular weight excluding hydrogens is 394 g/mol. The SMILES string of the molecule is CCn1nnc2cc(C(=O)OCC(=O)Nc3ccc(N4CCCCCC4)cc3)ccc21. The first-order chi connectivity index (χ1) is 15.1. The fraction of sp³-hybridized carbons (Fsp3) is 0.391. The lowest BCUT2D eigenvalue weighted by Crippen LogP contribution is -2.24. The van der Waals surface area contributed by atoms with Crippen LogP contribution in [0.4, 0.5) is 11.4 Å². The molecule has 8 nitrogen and oxygen atoms in total. The monoisotopic (exact) mass is 421 g/mol. The van der Waals surface area contributed by atoms with Crippen LogP contribution in [0.2, 0.25) is 0 Å². The molecule has 0 radical (unpaired) electrons. The van der Waals surface area contributed by atoms with Crippen molar-refractivity contribution in [2.45, 2.75) is 39.2 Å². The normalized spacial score (nSPS) is 14.3. The molecule has 8 heteroatoms. The topological polar surface area (TPSA) is 89.4 Å². The number of carbonyl (C=O) groups is 2. The number of aryl methyl sites for hydroxylation is 1. The minimum Gasteiger partial charge on any atom is -0.452 e. The Morgan fingerprint density at radius 3 is 2.48 bits per heavy atom. The van der Waals surface area contributed by atoms with Gasteiger partial charge in [0, 0.05) is 31.0 Å². The number of nitrogens with zero attached hydrogens (tertiary/aromatic N) is 4. The van der Waals surface area contributed by atoms with Gasteiger partial charge in [-0.3, -0.25) is 4.79 Å². The lowest BCUT2D eigenvalue weighted by molar-refractivity contribution is -0.119. The van der Waals surface area contributed by atoms with E-state index in [9.17, 15) is 9.59 Å². The molecule has 1 amide bonds. The zero-order chi connectivity index (χ0) is 21.6. The van der Waals surface area contributed by atoms with Crippen molar-refractivity contribution in [1.29, 1.82) is 0 Å². The van der Waals surface area contributed by atoms with Crippen LogP contribution in [-0.2, 0) is 16.1 Å². The summed E-state index contributed by atoms with van der Waals surface area (Å²) in [5.74, 6) is -0.950. The molecule has 0 unspecified atom stereocenters. The van der Waals surface area contributed by atoms with E-state index < -0.39 is 5.97 Å². The van der Waals surface area contributed by atoms with Crippen LogP contribution < -0.4 is 10.2 Å². The van der Waals surface area contributed by atoms with Crippen molar-refractivity contribution < 1.29 is 14.3 Å². The number of fused-ring (bicyclic) bond motifs is 1. The lowest BCUT2D eigenvalue weighted by atomic mass is 10.2. The zero-order valence-electron chi connectivity index (χ0n) is 17.7. The van der Waals surface area contributed by atoms with Crippen molar-refractivity contribution in [3.8, 4) is 0 Å². The van der Waals surface area contributed by atoms with Crippen LogP contribution in [-0.4, -0.2) is 46.6 Å². The molecule has 0 spiro atoms. The van der Waals surface area contributed by atoms with Crippen molar-refractivity contribution in [2.24, 2.45) is 0 Å². The number of carbonyl (C=O) groups excluding carboxylic acids is 2. The molecule has 2 heterocycles. The third kappa shape index (κ3) is 5.02. The molecular formula is C23H27N5O3. The summed E-state index contributed by atoms with van der Waals surface area (Å²) < 4.78 is 6.91. The summed E-state index contributed by atoms with van der Waals surface area (Å²) in [7, 11) is 0. The first-order valence-electron chi connectivity index (χ1n) is 10.8. The van der Waals surface area contributed by atoms with E-state index in [1.807, 2.05) is 31.2 Å². The second kappa shape index (κ2) is 9.59. The van der Waals surface area contributed by atoms with E-state index in [1.165, 1.54) is 31.4 Å². The van der Waals surface area contributed by atoms with Crippen LogP contribution in [0.25, 0.3) is 11.0 Å². The second-order valence-corrected chi connectivity index (χ2v) is 7.68. The highest BCUT2D eigenvalue weighted by atomic mass is 16.5. The third-order valence-electron chi connectivity index (χ3n) is 5.51. The van der Waals surface area contributed by atoms with E-state index in [1.54, 1.807) is 22.9 Å². The average molecular weight is 422 g/mol. The van der Waals surface area contributed by atoms with Crippen LogP contribution in [0.15, 0.2) is 42.5 Å². The van der Waals surface area contributed by atoms with Crippen LogP contribution in [0.1, 0.15) is 43.0 Å². The molecule has 1 saturated heterocycles. The molecule has 0 saturated carbocycles. The first kappa shape index (κ1) is 20.8. The highest BCUT2D eigenvalue weighted by molar-refractivity contribution is 5.97. The molecule has 3 aromatic rings. The Labute approximate surface area is 181 Å². The highest BCUT2D eigenvalue weighted by Gasteiger charge is 2.14. The van der Waals surface area contributed by atoms with E-state index in [2.05, 4.69) is 20.5 Å². The molecule has 31 heavy (non-hydrogen) atoms. The molecule has 0 bridgehead atoms. The maximum absolute atomic E-state index is 12.3. The second-order valence-electron chi connectivity index (χ2n) is 7.68. The van der Waals surface area contributed by atoms with Crippen LogP contribution in [0.5, 0.6) is 0 Å². The zero-order valence-corrected chi connectivity index (χ0v) is 17.7. The van der Waals surface area contributed by atoms with Gasteiger partial charge in [-0.1, -0.05) is 18.1 Å². The average Bonchev–Trinajstić information content (AvgIpc) is 3.01. The molecule has 1 N–H and O–H groups in total. The standard InChI is InChI=1S/C23H27N5O3/c1-2-28-21-12-7-17(15-20(21)25-26-28)23(30)31-16-22(29)24-18-8-10-19(11-9-18)27-13-5-3-4-6-14-27/h7-12,15H,2-6,13-14,16H2,1H3,(H,24,29). The number of amides is 1. The summed E-state index contributed by atoms with van der Waals surface area (Å²) in [5, 5.41) is 10.8. The molecule has 2 aromatic carbocycles. The van der Waals surface area contributed by atoms with Crippen LogP contribution in [0.3, 0.4) is 0 Å². The highest BCUT2D eigenvalue weighted by Crippen LogP contribution is 2.21. The Bertz CT molecular complexity index is 1050. The summed E-state index contributed by atoms with van der Waals surface area (Å²) in [4.78, 5) is 26.9. The van der Waals surface area contributed by atoms with Crippen molar-refractivity contribution >= 4 is 34.3 Å². The summed E-state index contributed by atoms with van der Waals surface area (Å²) in [6.45, 7) is 4.45. The van der Waals surface area contributed by atoms with Gasteiger partial charge in [-0.2, -0.15) is 0 Å². The molecule has 1 aliphatic rings. The predicted molar refractivity (Wildman–Crippen MR) is 119 cm³/mol. The minimum atomic E-state index is -0.570. The molecule has 0 atom stereocenters. The van der Waals surface area contributed by atoms with E-state index in [0.717, 1.165) is 18.6 Å². The lowest BCUT2D eigenvalue weighted by Gasteiger charge is -2.22. The van der Waals surface area contributed by atoms with Crippen molar-refractivity contribution in [3.63, 3.8) is 0 Å². The summed E-state index contributed by atoms with van der Waals surface area (Å²) >= 11 is 0. The number of hydrogen-bond acceptors (Lipinski definition) is 6. The predicted octanol–water partition coefficient (Wildman–Crippen LogP) is 3.63. The van der Waals surface area contributed by atoms with Crippen LogP contribution in [0, 0.1) is 0 Å². The molecule has 162 valence electrons. The number of anilines is 2. The number of hydrogen-bond donors (Lipinski definition) is 1. The Hall–Kier alpha value is -3.42. The summed E-state index contributed by atoms with van der Waals surface area (Å²) in [6, 6.07) is 12.9. The number of benzene rings is 2. The van der Waals surface area contributed by atoms with Gasteiger partial charge in [-0.25, -0.2) is 9.48 Å². The fourth-order valence-corrected chi connectivity index (χ4v) is 3.83. The number of rotatable bonds is 6. The van der Waals surface area contributed by atoms with Gasteiger partial charge in [-0.15, -0.1) is 5.10 Å². The number of nitrogens with one attached hydrogen (secondary N) is 1. The smallest absolute Gasteiger partial charge is 0.338 e. The first-order valence-corrected chi connectivity index (χ1v) is 10.8. The molecule has 1 fully saturated rings. The largest absolute Gasteiger partial charge is 0.452 e. The van der Waals surface area contributed by atoms with Crippen molar-refractivity contribution in [1.82, 2.24) is 15.0 Å². The third-order valence-corrected chi connectivity index (χ3v) is 5.51. The number of esters is 1. The molecule has 1 aliphatic heterocycles. The number of aromatic nitrogens is 3.